The van der Waals surface area contributed by atoms with Gasteiger partial charge in [0.15, 0.2) is 0 Å². The Morgan fingerprint density at radius 2 is 1.74 bits per heavy atom. The van der Waals surface area contributed by atoms with Gasteiger partial charge in [-0.2, -0.15) is 0 Å². The van der Waals surface area contributed by atoms with Crippen LogP contribution < -0.4 is 5.32 Å². The van der Waals surface area contributed by atoms with Gasteiger partial charge in [0.1, 0.15) is 6.10 Å². The van der Waals surface area contributed by atoms with Gasteiger partial charge in [0, 0.05) is 31.9 Å². The average Bonchev–Trinajstić information content (AvgIpc) is 3.42. The molecule has 6 nitrogen and oxygen atoms in total. The van der Waals surface area contributed by atoms with E-state index in [1.54, 1.807) is 0 Å². The summed E-state index contributed by atoms with van der Waals surface area (Å²) in [7, 11) is 0. The summed E-state index contributed by atoms with van der Waals surface area (Å²) in [6.07, 6.45) is 6.85. The number of nitrogens with one attached hydrogen (secondary N) is 1. The summed E-state index contributed by atoms with van der Waals surface area (Å²) in [6.45, 7) is 3.11. The SMILES string of the molecule is O=C([C@H]1CCCO1)N1CCC2(CC1)CC(C(=O)O)(c1ccc(-c3ccc4c(c3)NCCC4)cc1)C2. The number of anilines is 1. The molecule has 6 rings (SSSR count). The minimum atomic E-state index is -0.823. The van der Waals surface area contributed by atoms with E-state index < -0.39 is 11.4 Å². The van der Waals surface area contributed by atoms with Crippen LogP contribution in [-0.4, -0.2) is 54.2 Å². The number of benzene rings is 2. The average molecular weight is 475 g/mol. The quantitative estimate of drug-likeness (QED) is 0.676. The Labute approximate surface area is 206 Å². The minimum Gasteiger partial charge on any atom is -0.481 e. The summed E-state index contributed by atoms with van der Waals surface area (Å²) in [4.78, 5) is 27.1. The number of nitrogens with zero attached hydrogens (tertiary/aromatic N) is 1. The van der Waals surface area contributed by atoms with Crippen molar-refractivity contribution in [3.63, 3.8) is 0 Å². The van der Waals surface area contributed by atoms with Gasteiger partial charge in [-0.05, 0) is 85.1 Å². The molecule has 3 fully saturated rings. The second-order valence-electron chi connectivity index (χ2n) is 11.0. The fraction of sp³-hybridized carbons (Fsp3) is 0.517. The first-order valence-electron chi connectivity index (χ1n) is 13.1. The Hall–Kier alpha value is -2.86. The Bertz CT molecular complexity index is 1120. The van der Waals surface area contributed by atoms with Gasteiger partial charge >= 0.3 is 5.97 Å². The molecular formula is C29H34N2O4. The number of ether oxygens (including phenoxy) is 1. The highest BCUT2D eigenvalue weighted by Crippen LogP contribution is 2.60. The molecule has 1 spiro atoms. The lowest BCUT2D eigenvalue weighted by Gasteiger charge is -2.57. The Morgan fingerprint density at radius 3 is 2.43 bits per heavy atom. The van der Waals surface area contributed by atoms with E-state index in [1.807, 2.05) is 17.0 Å². The lowest BCUT2D eigenvalue weighted by Crippen LogP contribution is -2.59. The predicted molar refractivity (Wildman–Crippen MR) is 134 cm³/mol. The Morgan fingerprint density at radius 1 is 1.00 bits per heavy atom. The lowest BCUT2D eigenvalue weighted by atomic mass is 9.47. The van der Waals surface area contributed by atoms with Crippen molar-refractivity contribution < 1.29 is 19.4 Å². The summed E-state index contributed by atoms with van der Waals surface area (Å²) in [5.74, 6) is -0.610. The van der Waals surface area contributed by atoms with Crippen LogP contribution in [0.5, 0.6) is 0 Å². The number of hydrogen-bond acceptors (Lipinski definition) is 4. The van der Waals surface area contributed by atoms with E-state index >= 15 is 0 Å². The lowest BCUT2D eigenvalue weighted by molar-refractivity contribution is -0.160. The van der Waals surface area contributed by atoms with Crippen LogP contribution in [-0.2, 0) is 26.2 Å². The number of piperidine rings is 1. The van der Waals surface area contributed by atoms with E-state index in [1.165, 1.54) is 17.7 Å². The molecular weight excluding hydrogens is 440 g/mol. The molecule has 6 heteroatoms. The molecule has 0 aromatic heterocycles. The van der Waals surface area contributed by atoms with Crippen molar-refractivity contribution in [3.8, 4) is 11.1 Å². The molecule has 4 aliphatic rings. The molecule has 35 heavy (non-hydrogen) atoms. The first kappa shape index (κ1) is 22.6. The first-order chi connectivity index (χ1) is 17.0. The number of fused-ring (bicyclic) bond motifs is 1. The highest BCUT2D eigenvalue weighted by molar-refractivity contribution is 5.84. The molecule has 1 atom stereocenters. The van der Waals surface area contributed by atoms with Crippen LogP contribution in [0.15, 0.2) is 42.5 Å². The third-order valence-corrected chi connectivity index (χ3v) is 8.92. The van der Waals surface area contributed by atoms with Crippen LogP contribution in [0.4, 0.5) is 5.69 Å². The Kier molecular flexibility index (Phi) is 5.59. The zero-order chi connectivity index (χ0) is 24.0. The van der Waals surface area contributed by atoms with E-state index in [-0.39, 0.29) is 17.4 Å². The van der Waals surface area contributed by atoms with Gasteiger partial charge in [0.2, 0.25) is 0 Å². The van der Waals surface area contributed by atoms with E-state index in [0.29, 0.717) is 32.5 Å². The highest BCUT2D eigenvalue weighted by Gasteiger charge is 2.60. The Balaban J connectivity index is 1.15. The van der Waals surface area contributed by atoms with Gasteiger partial charge in [-0.3, -0.25) is 9.59 Å². The summed E-state index contributed by atoms with van der Waals surface area (Å²) in [6, 6.07) is 14.7. The molecule has 184 valence electrons. The molecule has 1 aliphatic carbocycles. The van der Waals surface area contributed by atoms with Crippen LogP contribution in [0, 0.1) is 5.41 Å². The molecule has 1 saturated carbocycles. The topological polar surface area (TPSA) is 78.9 Å². The molecule has 0 bridgehead atoms. The van der Waals surface area contributed by atoms with Gasteiger partial charge < -0.3 is 20.1 Å². The summed E-state index contributed by atoms with van der Waals surface area (Å²) in [5.41, 5.74) is 4.94. The predicted octanol–water partition coefficient (Wildman–Crippen LogP) is 4.62. The number of carbonyl (C=O) groups excluding carboxylic acids is 1. The van der Waals surface area contributed by atoms with Crippen LogP contribution in [0.1, 0.15) is 56.1 Å². The summed E-state index contributed by atoms with van der Waals surface area (Å²) < 4.78 is 5.58. The van der Waals surface area contributed by atoms with Gasteiger partial charge in [0.25, 0.3) is 5.91 Å². The molecule has 2 aromatic carbocycles. The fourth-order valence-corrected chi connectivity index (χ4v) is 6.86. The van der Waals surface area contributed by atoms with Gasteiger partial charge in [-0.25, -0.2) is 0 Å². The van der Waals surface area contributed by atoms with Gasteiger partial charge in [0.05, 0.1) is 5.41 Å². The minimum absolute atomic E-state index is 0.0224. The van der Waals surface area contributed by atoms with Crippen molar-refractivity contribution >= 4 is 17.6 Å². The molecule has 2 N–H and O–H groups in total. The van der Waals surface area contributed by atoms with E-state index in [2.05, 4.69) is 35.6 Å². The number of amides is 1. The van der Waals surface area contributed by atoms with Gasteiger partial charge in [-0.15, -0.1) is 0 Å². The first-order valence-corrected chi connectivity index (χ1v) is 13.1. The number of rotatable bonds is 4. The van der Waals surface area contributed by atoms with Gasteiger partial charge in [-0.1, -0.05) is 36.4 Å². The van der Waals surface area contributed by atoms with E-state index in [9.17, 15) is 14.7 Å². The number of carboxylic acid groups (broad SMARTS) is 1. The molecule has 1 amide bonds. The zero-order valence-corrected chi connectivity index (χ0v) is 20.2. The van der Waals surface area contributed by atoms with Crippen LogP contribution >= 0.6 is 0 Å². The van der Waals surface area contributed by atoms with Crippen LogP contribution in [0.25, 0.3) is 11.1 Å². The summed E-state index contributed by atoms with van der Waals surface area (Å²) >= 11 is 0. The zero-order valence-electron chi connectivity index (χ0n) is 20.2. The summed E-state index contributed by atoms with van der Waals surface area (Å²) in [5, 5.41) is 13.8. The largest absolute Gasteiger partial charge is 0.481 e. The van der Waals surface area contributed by atoms with Crippen molar-refractivity contribution in [2.75, 3.05) is 31.6 Å². The third-order valence-electron chi connectivity index (χ3n) is 8.92. The molecule has 2 aromatic rings. The molecule has 0 radical (unpaired) electrons. The van der Waals surface area contributed by atoms with E-state index in [4.69, 9.17) is 4.74 Å². The second-order valence-corrected chi connectivity index (χ2v) is 11.0. The van der Waals surface area contributed by atoms with Crippen LogP contribution in [0.2, 0.25) is 0 Å². The molecule has 0 unspecified atom stereocenters. The monoisotopic (exact) mass is 474 g/mol. The molecule has 2 saturated heterocycles. The molecule has 3 heterocycles. The number of aliphatic carboxylic acids is 1. The smallest absolute Gasteiger partial charge is 0.314 e. The maximum absolute atomic E-state index is 12.7. The maximum atomic E-state index is 12.7. The molecule has 3 aliphatic heterocycles. The fourth-order valence-electron chi connectivity index (χ4n) is 6.86. The number of likely N-dealkylation sites (tertiary alicyclic amines) is 1. The van der Waals surface area contributed by atoms with Crippen molar-refractivity contribution in [1.29, 1.82) is 0 Å². The van der Waals surface area contributed by atoms with Crippen LogP contribution in [0.3, 0.4) is 0 Å². The number of carbonyl (C=O) groups is 2. The normalized spacial score (nSPS) is 24.3. The number of hydrogen-bond donors (Lipinski definition) is 2. The van der Waals surface area contributed by atoms with E-state index in [0.717, 1.165) is 55.3 Å². The number of aryl methyl sites for hydroxylation is 1. The van der Waals surface area contributed by atoms with Crippen molar-refractivity contribution in [2.45, 2.75) is 62.9 Å². The maximum Gasteiger partial charge on any atom is 0.314 e. The third kappa shape index (κ3) is 3.92. The van der Waals surface area contributed by atoms with Crippen molar-refractivity contribution in [2.24, 2.45) is 5.41 Å². The number of carboxylic acids is 1. The standard InChI is InChI=1S/C29H34N2O4/c32-26(25-4-2-16-35-25)31-14-11-28(12-15-31)18-29(19-28,27(33)34)23-9-7-20(8-10-23)22-6-5-21-3-1-13-30-24(21)17-22/h5-10,17,25,30H,1-4,11-16,18-19H2,(H,33,34)/t25-/m1/s1. The highest BCUT2D eigenvalue weighted by atomic mass is 16.5. The van der Waals surface area contributed by atoms with Crippen molar-refractivity contribution in [1.82, 2.24) is 4.90 Å². The van der Waals surface area contributed by atoms with Crippen molar-refractivity contribution in [3.05, 3.63) is 53.6 Å². The second kappa shape index (κ2) is 8.66.